The van der Waals surface area contributed by atoms with Gasteiger partial charge < -0.3 is 9.88 Å². The van der Waals surface area contributed by atoms with Gasteiger partial charge in [-0.15, -0.1) is 0 Å². The van der Waals surface area contributed by atoms with E-state index in [4.69, 9.17) is 0 Å². The van der Waals surface area contributed by atoms with Crippen LogP contribution in [-0.4, -0.2) is 15.6 Å². The number of nitrogens with zero attached hydrogens (tertiary/aromatic N) is 2. The summed E-state index contributed by atoms with van der Waals surface area (Å²) in [7, 11) is 0. The van der Waals surface area contributed by atoms with Gasteiger partial charge in [-0.2, -0.15) is 0 Å². The van der Waals surface area contributed by atoms with Gasteiger partial charge in [0.25, 0.3) is 0 Å². The lowest BCUT2D eigenvalue weighted by molar-refractivity contribution is 0.620. The van der Waals surface area contributed by atoms with Crippen molar-refractivity contribution in [2.75, 3.05) is 5.32 Å². The number of nitrogens with one attached hydrogen (secondary N) is 1. The summed E-state index contributed by atoms with van der Waals surface area (Å²) in [6.07, 6.45) is 13.9. The summed E-state index contributed by atoms with van der Waals surface area (Å²) in [4.78, 5) is 4.09. The fourth-order valence-electron chi connectivity index (χ4n) is 3.01. The van der Waals surface area contributed by atoms with Crippen molar-refractivity contribution >= 4 is 5.69 Å². The van der Waals surface area contributed by atoms with E-state index in [9.17, 15) is 0 Å². The van der Waals surface area contributed by atoms with Crippen LogP contribution in [0.15, 0.2) is 43.0 Å². The van der Waals surface area contributed by atoms with E-state index in [1.165, 1.54) is 49.8 Å². The molecule has 106 valence electrons. The number of rotatable bonds is 4. The minimum atomic E-state index is 0.654. The number of anilines is 1. The van der Waals surface area contributed by atoms with Crippen LogP contribution in [0, 0.1) is 0 Å². The van der Waals surface area contributed by atoms with Crippen LogP contribution in [0.5, 0.6) is 0 Å². The number of benzene rings is 1. The molecule has 0 radical (unpaired) electrons. The molecule has 0 amide bonds. The normalized spacial score (nSPS) is 16.8. The van der Waals surface area contributed by atoms with Gasteiger partial charge in [-0.25, -0.2) is 4.98 Å². The molecule has 3 heteroatoms. The monoisotopic (exact) mass is 269 g/mol. The largest absolute Gasteiger partial charge is 0.382 e. The zero-order chi connectivity index (χ0) is 13.6. The lowest BCUT2D eigenvalue weighted by Crippen LogP contribution is -2.18. The maximum absolute atomic E-state index is 4.09. The first-order chi connectivity index (χ1) is 9.90. The SMILES string of the molecule is c1cc(Cn2ccnc2)cc(NC2CCCCCC2)c1. The fourth-order valence-corrected chi connectivity index (χ4v) is 3.01. The highest BCUT2D eigenvalue weighted by molar-refractivity contribution is 5.46. The molecular weight excluding hydrogens is 246 g/mol. The molecule has 0 atom stereocenters. The smallest absolute Gasteiger partial charge is 0.0949 e. The lowest BCUT2D eigenvalue weighted by atomic mass is 10.1. The average Bonchev–Trinajstić information content (AvgIpc) is 2.82. The molecule has 2 aromatic rings. The molecule has 1 N–H and O–H groups in total. The first kappa shape index (κ1) is 13.2. The van der Waals surface area contributed by atoms with E-state index in [-0.39, 0.29) is 0 Å². The molecule has 0 bridgehead atoms. The molecule has 1 aliphatic rings. The Labute approximate surface area is 121 Å². The van der Waals surface area contributed by atoms with E-state index in [0.717, 1.165) is 6.54 Å². The quantitative estimate of drug-likeness (QED) is 0.848. The number of aromatic nitrogens is 2. The average molecular weight is 269 g/mol. The summed E-state index contributed by atoms with van der Waals surface area (Å²) in [6.45, 7) is 0.889. The number of imidazole rings is 1. The second-order valence-corrected chi connectivity index (χ2v) is 5.77. The first-order valence-electron chi connectivity index (χ1n) is 7.71. The zero-order valence-electron chi connectivity index (χ0n) is 12.0. The van der Waals surface area contributed by atoms with Crippen LogP contribution in [0.25, 0.3) is 0 Å². The third kappa shape index (κ3) is 3.62. The van der Waals surface area contributed by atoms with Gasteiger partial charge in [0.15, 0.2) is 0 Å². The second kappa shape index (κ2) is 6.60. The minimum Gasteiger partial charge on any atom is -0.382 e. The summed E-state index contributed by atoms with van der Waals surface area (Å²) >= 11 is 0. The van der Waals surface area contributed by atoms with Crippen LogP contribution in [0.3, 0.4) is 0 Å². The van der Waals surface area contributed by atoms with Gasteiger partial charge in [0, 0.05) is 30.7 Å². The molecule has 1 aromatic carbocycles. The van der Waals surface area contributed by atoms with Crippen molar-refractivity contribution in [2.24, 2.45) is 0 Å². The van der Waals surface area contributed by atoms with Crippen molar-refractivity contribution < 1.29 is 0 Å². The topological polar surface area (TPSA) is 29.9 Å². The highest BCUT2D eigenvalue weighted by Gasteiger charge is 2.11. The molecule has 20 heavy (non-hydrogen) atoms. The predicted molar refractivity (Wildman–Crippen MR) is 82.9 cm³/mol. The second-order valence-electron chi connectivity index (χ2n) is 5.77. The van der Waals surface area contributed by atoms with Gasteiger partial charge in [-0.3, -0.25) is 0 Å². The molecule has 3 rings (SSSR count). The standard InChI is InChI=1S/C17H23N3/c1-2-4-8-16(7-3-1)19-17-9-5-6-15(12-17)13-20-11-10-18-14-20/h5-6,9-12,14,16,19H,1-4,7-8,13H2. The van der Waals surface area contributed by atoms with Crippen molar-refractivity contribution in [3.63, 3.8) is 0 Å². The zero-order valence-corrected chi connectivity index (χ0v) is 12.0. The van der Waals surface area contributed by atoms with E-state index in [2.05, 4.69) is 39.1 Å². The van der Waals surface area contributed by atoms with Crippen molar-refractivity contribution in [2.45, 2.75) is 51.1 Å². The molecule has 0 saturated heterocycles. The van der Waals surface area contributed by atoms with Gasteiger partial charge in [0.1, 0.15) is 0 Å². The van der Waals surface area contributed by atoms with Crippen molar-refractivity contribution in [1.29, 1.82) is 0 Å². The summed E-state index contributed by atoms with van der Waals surface area (Å²) in [5.41, 5.74) is 2.58. The third-order valence-corrected chi connectivity index (χ3v) is 4.08. The van der Waals surface area contributed by atoms with Crippen LogP contribution < -0.4 is 5.32 Å². The number of hydrogen-bond acceptors (Lipinski definition) is 2. The highest BCUT2D eigenvalue weighted by Crippen LogP contribution is 2.21. The van der Waals surface area contributed by atoms with Gasteiger partial charge >= 0.3 is 0 Å². The van der Waals surface area contributed by atoms with Crippen LogP contribution in [0.4, 0.5) is 5.69 Å². The molecule has 1 aliphatic carbocycles. The Kier molecular flexibility index (Phi) is 4.36. The Morgan fingerprint density at radius 1 is 1.15 bits per heavy atom. The van der Waals surface area contributed by atoms with E-state index in [0.29, 0.717) is 6.04 Å². The maximum atomic E-state index is 4.09. The third-order valence-electron chi connectivity index (χ3n) is 4.08. The van der Waals surface area contributed by atoms with Crippen LogP contribution in [0.1, 0.15) is 44.1 Å². The summed E-state index contributed by atoms with van der Waals surface area (Å²) < 4.78 is 2.10. The highest BCUT2D eigenvalue weighted by atomic mass is 15.0. The van der Waals surface area contributed by atoms with E-state index in [1.54, 1.807) is 0 Å². The summed E-state index contributed by atoms with van der Waals surface area (Å²) in [5.74, 6) is 0. The minimum absolute atomic E-state index is 0.654. The molecule has 1 heterocycles. The van der Waals surface area contributed by atoms with Crippen LogP contribution >= 0.6 is 0 Å². The van der Waals surface area contributed by atoms with Gasteiger partial charge in [0.05, 0.1) is 6.33 Å². The fraction of sp³-hybridized carbons (Fsp3) is 0.471. The molecular formula is C17H23N3. The van der Waals surface area contributed by atoms with E-state index < -0.39 is 0 Å². The Morgan fingerprint density at radius 2 is 2.00 bits per heavy atom. The lowest BCUT2D eigenvalue weighted by Gasteiger charge is -2.18. The van der Waals surface area contributed by atoms with E-state index in [1.807, 2.05) is 18.7 Å². The Morgan fingerprint density at radius 3 is 2.75 bits per heavy atom. The maximum Gasteiger partial charge on any atom is 0.0949 e. The Bertz CT molecular complexity index is 511. The van der Waals surface area contributed by atoms with Crippen LogP contribution in [-0.2, 0) is 6.54 Å². The molecule has 0 spiro atoms. The molecule has 1 fully saturated rings. The molecule has 1 saturated carbocycles. The predicted octanol–water partition coefficient (Wildman–Crippen LogP) is 4.07. The Balaban J connectivity index is 1.64. The first-order valence-corrected chi connectivity index (χ1v) is 7.71. The number of hydrogen-bond donors (Lipinski definition) is 1. The van der Waals surface area contributed by atoms with Crippen molar-refractivity contribution in [1.82, 2.24) is 9.55 Å². The molecule has 1 aromatic heterocycles. The van der Waals surface area contributed by atoms with Crippen molar-refractivity contribution in [3.05, 3.63) is 48.5 Å². The van der Waals surface area contributed by atoms with Gasteiger partial charge in [-0.05, 0) is 30.5 Å². The molecule has 0 aliphatic heterocycles. The van der Waals surface area contributed by atoms with Crippen LogP contribution in [0.2, 0.25) is 0 Å². The Hall–Kier alpha value is -1.77. The van der Waals surface area contributed by atoms with Gasteiger partial charge in [-0.1, -0.05) is 37.8 Å². The molecule has 3 nitrogen and oxygen atoms in total. The summed E-state index contributed by atoms with van der Waals surface area (Å²) in [5, 5.41) is 3.72. The van der Waals surface area contributed by atoms with E-state index >= 15 is 0 Å². The molecule has 0 unspecified atom stereocenters. The van der Waals surface area contributed by atoms with Crippen molar-refractivity contribution in [3.8, 4) is 0 Å². The summed E-state index contributed by atoms with van der Waals surface area (Å²) in [6, 6.07) is 9.43. The van der Waals surface area contributed by atoms with Gasteiger partial charge in [0.2, 0.25) is 0 Å².